The highest BCUT2D eigenvalue weighted by molar-refractivity contribution is 5.72. The molecule has 2 nitrogen and oxygen atoms in total. The van der Waals surface area contributed by atoms with Crippen molar-refractivity contribution in [2.45, 2.75) is 45.4 Å². The van der Waals surface area contributed by atoms with Gasteiger partial charge >= 0.3 is 5.97 Å². The monoisotopic (exact) mass is 224 g/mol. The standard InChI is InChI=1S/C14H24O2/c1-4-7-8-9-11-13(10-5-2)14(15)16-12-6-3/h5-6,13H,2-4,7-12H2,1H3. The Morgan fingerprint density at radius 3 is 2.56 bits per heavy atom. The van der Waals surface area contributed by atoms with Gasteiger partial charge in [0.25, 0.3) is 0 Å². The molecule has 0 aromatic heterocycles. The molecule has 0 fully saturated rings. The quantitative estimate of drug-likeness (QED) is 0.320. The minimum Gasteiger partial charge on any atom is -0.461 e. The highest BCUT2D eigenvalue weighted by Crippen LogP contribution is 2.16. The van der Waals surface area contributed by atoms with Crippen LogP contribution in [0.4, 0.5) is 0 Å². The first-order valence-corrected chi connectivity index (χ1v) is 6.14. The van der Waals surface area contributed by atoms with Crippen LogP contribution in [-0.2, 0) is 9.53 Å². The second-order valence-electron chi connectivity index (χ2n) is 3.99. The fourth-order valence-electron chi connectivity index (χ4n) is 1.61. The van der Waals surface area contributed by atoms with Crippen molar-refractivity contribution in [2.75, 3.05) is 6.61 Å². The van der Waals surface area contributed by atoms with Crippen LogP contribution >= 0.6 is 0 Å². The van der Waals surface area contributed by atoms with E-state index in [0.717, 1.165) is 12.8 Å². The summed E-state index contributed by atoms with van der Waals surface area (Å²) in [5.41, 5.74) is 0. The molecule has 0 saturated carbocycles. The van der Waals surface area contributed by atoms with Gasteiger partial charge in [-0.25, -0.2) is 0 Å². The number of hydrogen-bond donors (Lipinski definition) is 0. The van der Waals surface area contributed by atoms with E-state index in [1.54, 1.807) is 12.2 Å². The lowest BCUT2D eigenvalue weighted by atomic mass is 9.97. The van der Waals surface area contributed by atoms with Crippen LogP contribution in [0.5, 0.6) is 0 Å². The van der Waals surface area contributed by atoms with Crippen LogP contribution in [0.2, 0.25) is 0 Å². The number of rotatable bonds is 10. The van der Waals surface area contributed by atoms with Crippen LogP contribution in [0.15, 0.2) is 25.3 Å². The summed E-state index contributed by atoms with van der Waals surface area (Å²) in [7, 11) is 0. The molecule has 0 rings (SSSR count). The molecule has 0 aliphatic rings. The van der Waals surface area contributed by atoms with Crippen LogP contribution in [0.1, 0.15) is 45.4 Å². The molecule has 92 valence electrons. The van der Waals surface area contributed by atoms with Crippen molar-refractivity contribution < 1.29 is 9.53 Å². The van der Waals surface area contributed by atoms with E-state index < -0.39 is 0 Å². The van der Waals surface area contributed by atoms with Gasteiger partial charge in [-0.1, -0.05) is 51.3 Å². The predicted molar refractivity (Wildman–Crippen MR) is 68.2 cm³/mol. The van der Waals surface area contributed by atoms with E-state index >= 15 is 0 Å². The van der Waals surface area contributed by atoms with Crippen LogP contribution < -0.4 is 0 Å². The first kappa shape index (κ1) is 14.9. The lowest BCUT2D eigenvalue weighted by Crippen LogP contribution is -2.17. The molecule has 0 saturated heterocycles. The van der Waals surface area contributed by atoms with E-state index in [0.29, 0.717) is 13.0 Å². The Morgan fingerprint density at radius 2 is 2.00 bits per heavy atom. The molecule has 0 heterocycles. The van der Waals surface area contributed by atoms with Gasteiger partial charge in [-0.3, -0.25) is 4.79 Å². The maximum Gasteiger partial charge on any atom is 0.309 e. The molecule has 1 unspecified atom stereocenters. The summed E-state index contributed by atoms with van der Waals surface area (Å²) in [5.74, 6) is -0.134. The van der Waals surface area contributed by atoms with E-state index in [1.165, 1.54) is 19.3 Å². The molecule has 0 aliphatic carbocycles. The SMILES string of the molecule is C=CCOC(=O)C(CC=C)CCCCCC. The molecule has 0 amide bonds. The summed E-state index contributed by atoms with van der Waals surface area (Å²) in [6.45, 7) is 9.69. The normalized spacial score (nSPS) is 11.8. The molecule has 2 heteroatoms. The van der Waals surface area contributed by atoms with E-state index in [1.807, 2.05) is 0 Å². The van der Waals surface area contributed by atoms with Gasteiger partial charge < -0.3 is 4.74 Å². The third-order valence-corrected chi connectivity index (χ3v) is 2.53. The molecule has 0 aromatic rings. The lowest BCUT2D eigenvalue weighted by Gasteiger charge is -2.13. The van der Waals surface area contributed by atoms with Gasteiger partial charge in [0.2, 0.25) is 0 Å². The molecule has 16 heavy (non-hydrogen) atoms. The van der Waals surface area contributed by atoms with Crippen molar-refractivity contribution in [3.63, 3.8) is 0 Å². The molecule has 0 spiro atoms. The first-order chi connectivity index (χ1) is 7.76. The van der Waals surface area contributed by atoms with E-state index in [2.05, 4.69) is 20.1 Å². The van der Waals surface area contributed by atoms with Crippen molar-refractivity contribution in [3.8, 4) is 0 Å². The van der Waals surface area contributed by atoms with Crippen LogP contribution in [0.25, 0.3) is 0 Å². The Hall–Kier alpha value is -1.05. The summed E-state index contributed by atoms with van der Waals surface area (Å²) in [6, 6.07) is 0. The van der Waals surface area contributed by atoms with Gasteiger partial charge in [0, 0.05) is 0 Å². The van der Waals surface area contributed by atoms with Crippen molar-refractivity contribution in [2.24, 2.45) is 5.92 Å². The fraction of sp³-hybridized carbons (Fsp3) is 0.643. The second-order valence-corrected chi connectivity index (χ2v) is 3.99. The number of unbranched alkanes of at least 4 members (excludes halogenated alkanes) is 3. The molecule has 0 N–H and O–H groups in total. The van der Waals surface area contributed by atoms with Crippen molar-refractivity contribution in [1.82, 2.24) is 0 Å². The smallest absolute Gasteiger partial charge is 0.309 e. The maximum atomic E-state index is 11.6. The summed E-state index contributed by atoms with van der Waals surface area (Å²) >= 11 is 0. The summed E-state index contributed by atoms with van der Waals surface area (Å²) in [5, 5.41) is 0. The second kappa shape index (κ2) is 10.5. The van der Waals surface area contributed by atoms with Gasteiger partial charge in [-0.2, -0.15) is 0 Å². The topological polar surface area (TPSA) is 26.3 Å². The van der Waals surface area contributed by atoms with Gasteiger partial charge in [-0.15, -0.1) is 6.58 Å². The van der Waals surface area contributed by atoms with Gasteiger partial charge in [0.15, 0.2) is 0 Å². The first-order valence-electron chi connectivity index (χ1n) is 6.14. The Bertz CT molecular complexity index is 209. The van der Waals surface area contributed by atoms with E-state index in [-0.39, 0.29) is 11.9 Å². The summed E-state index contributed by atoms with van der Waals surface area (Å²) in [4.78, 5) is 11.6. The maximum absolute atomic E-state index is 11.6. The molecular weight excluding hydrogens is 200 g/mol. The molecule has 0 aliphatic heterocycles. The highest BCUT2D eigenvalue weighted by atomic mass is 16.5. The third kappa shape index (κ3) is 7.27. The van der Waals surface area contributed by atoms with Crippen molar-refractivity contribution >= 4 is 5.97 Å². The molecule has 0 aromatic carbocycles. The number of ether oxygens (including phenoxy) is 1. The predicted octanol–water partition coefficient (Wildman–Crippen LogP) is 3.88. The zero-order chi connectivity index (χ0) is 12.2. The van der Waals surface area contributed by atoms with Crippen LogP contribution in [0.3, 0.4) is 0 Å². The average Bonchev–Trinajstić information content (AvgIpc) is 2.30. The van der Waals surface area contributed by atoms with Crippen molar-refractivity contribution in [1.29, 1.82) is 0 Å². The van der Waals surface area contributed by atoms with Gasteiger partial charge in [0.1, 0.15) is 6.61 Å². The fourth-order valence-corrected chi connectivity index (χ4v) is 1.61. The zero-order valence-electron chi connectivity index (χ0n) is 10.4. The number of esters is 1. The van der Waals surface area contributed by atoms with E-state index in [4.69, 9.17) is 4.74 Å². The van der Waals surface area contributed by atoms with Crippen molar-refractivity contribution in [3.05, 3.63) is 25.3 Å². The molecule has 0 radical (unpaired) electrons. The number of allylic oxidation sites excluding steroid dienone is 1. The Labute approximate surface area is 99.4 Å². The summed E-state index contributed by atoms with van der Waals surface area (Å²) in [6.07, 6.45) is 9.74. The number of carbonyl (C=O) groups excluding carboxylic acids is 1. The van der Waals surface area contributed by atoms with Gasteiger partial charge in [-0.05, 0) is 12.8 Å². The lowest BCUT2D eigenvalue weighted by molar-refractivity contribution is -0.147. The third-order valence-electron chi connectivity index (χ3n) is 2.53. The number of hydrogen-bond acceptors (Lipinski definition) is 2. The average molecular weight is 224 g/mol. The van der Waals surface area contributed by atoms with E-state index in [9.17, 15) is 4.79 Å². The van der Waals surface area contributed by atoms with Gasteiger partial charge in [0.05, 0.1) is 5.92 Å². The Balaban J connectivity index is 3.89. The molecule has 0 bridgehead atoms. The van der Waals surface area contributed by atoms with Crippen LogP contribution in [-0.4, -0.2) is 12.6 Å². The highest BCUT2D eigenvalue weighted by Gasteiger charge is 2.17. The minimum absolute atomic E-state index is 0.0192. The minimum atomic E-state index is -0.115. The largest absolute Gasteiger partial charge is 0.461 e. The molecule has 1 atom stereocenters. The molecular formula is C14H24O2. The Kier molecular flexibility index (Phi) is 9.78. The number of carbonyl (C=O) groups is 1. The summed E-state index contributed by atoms with van der Waals surface area (Å²) < 4.78 is 5.06. The zero-order valence-corrected chi connectivity index (χ0v) is 10.4. The van der Waals surface area contributed by atoms with Crippen LogP contribution in [0, 0.1) is 5.92 Å². The Morgan fingerprint density at radius 1 is 1.25 bits per heavy atom.